The second-order valence-electron chi connectivity index (χ2n) is 7.04. The standard InChI is InChI=1S/C21H24N2O2S/c1-17-10-12-19(13-11-17)26(24,25)23-20(18-8-4-2-5-9-18)16-21(23)22-14-6-3-7-15-22/h2,4-5,8-13,16,20H,3,6-7,14-15H2,1H3. The number of rotatable bonds is 4. The van der Waals surface area contributed by atoms with Gasteiger partial charge in [0.05, 0.1) is 10.9 Å². The van der Waals surface area contributed by atoms with Gasteiger partial charge in [-0.05, 0) is 50.0 Å². The van der Waals surface area contributed by atoms with Crippen LogP contribution in [0.2, 0.25) is 0 Å². The normalized spacial score (nSPS) is 20.5. The van der Waals surface area contributed by atoms with Crippen LogP contribution < -0.4 is 0 Å². The van der Waals surface area contributed by atoms with Gasteiger partial charge in [-0.3, -0.25) is 0 Å². The molecule has 0 amide bonds. The number of sulfonamides is 1. The summed E-state index contributed by atoms with van der Waals surface area (Å²) in [6.45, 7) is 3.81. The molecule has 0 N–H and O–H groups in total. The molecule has 2 aliphatic rings. The van der Waals surface area contributed by atoms with Crippen molar-refractivity contribution in [3.05, 3.63) is 77.6 Å². The summed E-state index contributed by atoms with van der Waals surface area (Å²) in [5, 5.41) is 0. The molecule has 4 nitrogen and oxygen atoms in total. The van der Waals surface area contributed by atoms with E-state index < -0.39 is 10.0 Å². The van der Waals surface area contributed by atoms with Gasteiger partial charge in [0.1, 0.15) is 5.82 Å². The molecule has 2 heterocycles. The molecular formula is C21H24N2O2S. The zero-order valence-corrected chi connectivity index (χ0v) is 15.8. The third-order valence-electron chi connectivity index (χ3n) is 5.18. The van der Waals surface area contributed by atoms with Crippen molar-refractivity contribution in [2.75, 3.05) is 13.1 Å². The Morgan fingerprint density at radius 3 is 2.19 bits per heavy atom. The Bertz CT molecular complexity index is 899. The smallest absolute Gasteiger partial charge is 0.266 e. The van der Waals surface area contributed by atoms with E-state index in [0.29, 0.717) is 4.90 Å². The Balaban J connectivity index is 1.73. The molecule has 0 bridgehead atoms. The van der Waals surface area contributed by atoms with Gasteiger partial charge >= 0.3 is 0 Å². The van der Waals surface area contributed by atoms with Gasteiger partial charge in [0, 0.05) is 13.1 Å². The summed E-state index contributed by atoms with van der Waals surface area (Å²) in [4.78, 5) is 2.57. The van der Waals surface area contributed by atoms with Crippen LogP contribution >= 0.6 is 0 Å². The van der Waals surface area contributed by atoms with Crippen molar-refractivity contribution in [2.24, 2.45) is 0 Å². The van der Waals surface area contributed by atoms with Gasteiger partial charge < -0.3 is 4.90 Å². The molecular weight excluding hydrogens is 344 g/mol. The molecule has 4 rings (SSSR count). The first-order valence-electron chi connectivity index (χ1n) is 9.20. The molecule has 2 aromatic rings. The molecule has 5 heteroatoms. The van der Waals surface area contributed by atoms with Gasteiger partial charge in [-0.2, -0.15) is 0 Å². The van der Waals surface area contributed by atoms with E-state index in [4.69, 9.17) is 0 Å². The Morgan fingerprint density at radius 2 is 1.54 bits per heavy atom. The van der Waals surface area contributed by atoms with E-state index in [1.807, 2.05) is 49.4 Å². The molecule has 1 atom stereocenters. The second-order valence-corrected chi connectivity index (χ2v) is 8.86. The van der Waals surface area contributed by atoms with Gasteiger partial charge in [0.15, 0.2) is 0 Å². The van der Waals surface area contributed by atoms with E-state index in [2.05, 4.69) is 11.0 Å². The van der Waals surface area contributed by atoms with Crippen LogP contribution in [-0.2, 0) is 10.0 Å². The van der Waals surface area contributed by atoms with E-state index in [-0.39, 0.29) is 6.04 Å². The number of benzene rings is 2. The molecule has 1 saturated heterocycles. The minimum absolute atomic E-state index is 0.237. The highest BCUT2D eigenvalue weighted by Gasteiger charge is 2.42. The van der Waals surface area contributed by atoms with Crippen molar-refractivity contribution < 1.29 is 8.42 Å². The summed E-state index contributed by atoms with van der Waals surface area (Å²) < 4.78 is 28.5. The summed E-state index contributed by atoms with van der Waals surface area (Å²) >= 11 is 0. The zero-order chi connectivity index (χ0) is 18.1. The van der Waals surface area contributed by atoms with Crippen LogP contribution in [0.3, 0.4) is 0 Å². The Morgan fingerprint density at radius 1 is 0.885 bits per heavy atom. The largest absolute Gasteiger partial charge is 0.358 e. The number of hydrogen-bond donors (Lipinski definition) is 0. The minimum Gasteiger partial charge on any atom is -0.358 e. The Labute approximate surface area is 155 Å². The van der Waals surface area contributed by atoms with Crippen LogP contribution in [0.4, 0.5) is 0 Å². The summed E-state index contributed by atoms with van der Waals surface area (Å²) in [6, 6.07) is 16.7. The summed E-state index contributed by atoms with van der Waals surface area (Å²) in [7, 11) is -3.59. The van der Waals surface area contributed by atoms with Crippen LogP contribution in [0.1, 0.15) is 36.4 Å². The topological polar surface area (TPSA) is 40.6 Å². The number of hydrogen-bond acceptors (Lipinski definition) is 3. The zero-order valence-electron chi connectivity index (χ0n) is 15.0. The number of likely N-dealkylation sites (tertiary alicyclic amines) is 1. The molecule has 136 valence electrons. The first-order valence-corrected chi connectivity index (χ1v) is 10.6. The minimum atomic E-state index is -3.59. The molecule has 26 heavy (non-hydrogen) atoms. The fourth-order valence-electron chi connectivity index (χ4n) is 3.69. The van der Waals surface area contributed by atoms with E-state index in [1.165, 1.54) is 6.42 Å². The molecule has 0 spiro atoms. The summed E-state index contributed by atoms with van der Waals surface area (Å²) in [5.74, 6) is 0.833. The van der Waals surface area contributed by atoms with Crippen molar-refractivity contribution in [1.82, 2.24) is 9.21 Å². The maximum absolute atomic E-state index is 13.4. The van der Waals surface area contributed by atoms with Gasteiger partial charge in [-0.1, -0.05) is 48.0 Å². The average Bonchev–Trinajstić information content (AvgIpc) is 2.63. The first-order chi connectivity index (χ1) is 12.6. The molecule has 0 saturated carbocycles. The lowest BCUT2D eigenvalue weighted by Gasteiger charge is -2.46. The second kappa shape index (κ2) is 6.80. The van der Waals surface area contributed by atoms with Crippen molar-refractivity contribution in [3.63, 3.8) is 0 Å². The maximum Gasteiger partial charge on any atom is 0.266 e. The SMILES string of the molecule is Cc1ccc(S(=O)(=O)N2C(N3CCCCC3)=CC2c2ccccc2)cc1. The van der Waals surface area contributed by atoms with E-state index in [1.54, 1.807) is 16.4 Å². The van der Waals surface area contributed by atoms with Crippen LogP contribution in [0.15, 0.2) is 71.4 Å². The Kier molecular flexibility index (Phi) is 4.49. The molecule has 0 radical (unpaired) electrons. The molecule has 2 aliphatic heterocycles. The number of nitrogens with zero attached hydrogens (tertiary/aromatic N) is 2. The fraction of sp³-hybridized carbons (Fsp3) is 0.333. The lowest BCUT2D eigenvalue weighted by molar-refractivity contribution is 0.190. The van der Waals surface area contributed by atoms with E-state index >= 15 is 0 Å². The number of aryl methyl sites for hydroxylation is 1. The third kappa shape index (κ3) is 3.01. The first kappa shape index (κ1) is 17.2. The van der Waals surface area contributed by atoms with Crippen LogP contribution in [-0.4, -0.2) is 30.7 Å². The quantitative estimate of drug-likeness (QED) is 0.817. The molecule has 1 unspecified atom stereocenters. The molecule has 0 aromatic heterocycles. The number of piperidine rings is 1. The summed E-state index contributed by atoms with van der Waals surface area (Å²) in [6.07, 6.45) is 5.54. The van der Waals surface area contributed by atoms with Crippen LogP contribution in [0.25, 0.3) is 0 Å². The highest BCUT2D eigenvalue weighted by molar-refractivity contribution is 7.89. The van der Waals surface area contributed by atoms with Crippen LogP contribution in [0, 0.1) is 6.92 Å². The molecule has 1 fully saturated rings. The van der Waals surface area contributed by atoms with Crippen molar-refractivity contribution >= 4 is 10.0 Å². The van der Waals surface area contributed by atoms with Crippen molar-refractivity contribution in [2.45, 2.75) is 37.1 Å². The van der Waals surface area contributed by atoms with Gasteiger partial charge in [-0.25, -0.2) is 12.7 Å². The van der Waals surface area contributed by atoms with Gasteiger partial charge in [0.2, 0.25) is 0 Å². The molecule has 2 aromatic carbocycles. The highest BCUT2D eigenvalue weighted by atomic mass is 32.2. The van der Waals surface area contributed by atoms with Crippen molar-refractivity contribution in [1.29, 1.82) is 0 Å². The fourth-order valence-corrected chi connectivity index (χ4v) is 5.30. The van der Waals surface area contributed by atoms with Gasteiger partial charge in [0.25, 0.3) is 10.0 Å². The maximum atomic E-state index is 13.4. The monoisotopic (exact) mass is 368 g/mol. The molecule has 0 aliphatic carbocycles. The Hall–Kier alpha value is -2.27. The summed E-state index contributed by atoms with van der Waals surface area (Å²) in [5.41, 5.74) is 2.06. The van der Waals surface area contributed by atoms with Crippen LogP contribution in [0.5, 0.6) is 0 Å². The third-order valence-corrected chi connectivity index (χ3v) is 6.98. The van der Waals surface area contributed by atoms with Gasteiger partial charge in [-0.15, -0.1) is 0 Å². The lowest BCUT2D eigenvalue weighted by atomic mass is 10.0. The lowest BCUT2D eigenvalue weighted by Crippen LogP contribution is -2.48. The highest BCUT2D eigenvalue weighted by Crippen LogP contribution is 2.42. The predicted molar refractivity (Wildman–Crippen MR) is 103 cm³/mol. The average molecular weight is 369 g/mol. The predicted octanol–water partition coefficient (Wildman–Crippen LogP) is 4.07. The van der Waals surface area contributed by atoms with E-state index in [9.17, 15) is 8.42 Å². The van der Waals surface area contributed by atoms with Crippen molar-refractivity contribution in [3.8, 4) is 0 Å². The van der Waals surface area contributed by atoms with E-state index in [0.717, 1.165) is 42.9 Å².